The molecular formula is C8H12O3S. The van der Waals surface area contributed by atoms with Gasteiger partial charge >= 0.3 is 5.97 Å². The van der Waals surface area contributed by atoms with Gasteiger partial charge in [0, 0.05) is 12.2 Å². The number of carboxylic acids is 1. The van der Waals surface area contributed by atoms with Crippen LogP contribution in [-0.2, 0) is 9.59 Å². The maximum atomic E-state index is 11.1. The monoisotopic (exact) mass is 188 g/mol. The highest BCUT2D eigenvalue weighted by Gasteiger charge is 2.24. The Morgan fingerprint density at radius 2 is 2.42 bits per heavy atom. The van der Waals surface area contributed by atoms with E-state index in [2.05, 4.69) is 0 Å². The molecule has 1 rings (SSSR count). The molecule has 0 radical (unpaired) electrons. The quantitative estimate of drug-likeness (QED) is 0.722. The predicted molar refractivity (Wildman–Crippen MR) is 47.4 cm³/mol. The Kier molecular flexibility index (Phi) is 3.59. The number of Topliss-reactive ketones (excluding diaryl/α,β-unsaturated/α-hetero) is 1. The number of hydrogen-bond acceptors (Lipinski definition) is 3. The fraction of sp³-hybridized carbons (Fsp3) is 0.750. The molecule has 0 spiro atoms. The fourth-order valence-corrected chi connectivity index (χ4v) is 2.46. The van der Waals surface area contributed by atoms with Gasteiger partial charge < -0.3 is 5.11 Å². The van der Waals surface area contributed by atoms with Crippen LogP contribution in [0, 0.1) is 0 Å². The van der Waals surface area contributed by atoms with Crippen LogP contribution in [0.2, 0.25) is 0 Å². The van der Waals surface area contributed by atoms with E-state index in [1.165, 1.54) is 11.8 Å². The molecule has 4 heteroatoms. The molecule has 1 fully saturated rings. The molecular weight excluding hydrogens is 176 g/mol. The number of carbonyl (C=O) groups is 2. The predicted octanol–water partition coefficient (Wildman–Crippen LogP) is 1.32. The van der Waals surface area contributed by atoms with Crippen LogP contribution in [0.15, 0.2) is 0 Å². The normalized spacial score (nSPS) is 23.0. The Hall–Kier alpha value is -0.510. The Balaban J connectivity index is 2.14. The van der Waals surface area contributed by atoms with E-state index < -0.39 is 5.97 Å². The van der Waals surface area contributed by atoms with Crippen LogP contribution in [0.1, 0.15) is 25.7 Å². The van der Waals surface area contributed by atoms with Gasteiger partial charge in [-0.15, -0.1) is 0 Å². The van der Waals surface area contributed by atoms with Crippen molar-refractivity contribution in [2.24, 2.45) is 0 Å². The third-order valence-corrected chi connectivity index (χ3v) is 3.22. The van der Waals surface area contributed by atoms with E-state index in [1.807, 2.05) is 0 Å². The lowest BCUT2D eigenvalue weighted by molar-refractivity contribution is -0.136. The highest BCUT2D eigenvalue weighted by molar-refractivity contribution is 8.00. The van der Waals surface area contributed by atoms with Crippen molar-refractivity contribution in [3.05, 3.63) is 0 Å². The van der Waals surface area contributed by atoms with Crippen molar-refractivity contribution in [1.29, 1.82) is 0 Å². The molecule has 1 N–H and O–H groups in total. The number of carboxylic acid groups (broad SMARTS) is 1. The second kappa shape index (κ2) is 4.50. The van der Waals surface area contributed by atoms with Crippen molar-refractivity contribution in [2.45, 2.75) is 30.9 Å². The summed E-state index contributed by atoms with van der Waals surface area (Å²) in [7, 11) is 0. The molecule has 0 aliphatic heterocycles. The second-order valence-corrected chi connectivity index (χ2v) is 4.17. The average molecular weight is 188 g/mol. The summed E-state index contributed by atoms with van der Waals surface area (Å²) in [6, 6.07) is 0. The zero-order valence-electron chi connectivity index (χ0n) is 6.78. The average Bonchev–Trinajstić information content (AvgIpc) is 2.36. The maximum absolute atomic E-state index is 11.1. The summed E-state index contributed by atoms with van der Waals surface area (Å²) in [6.45, 7) is 0. The third-order valence-electron chi connectivity index (χ3n) is 1.88. The van der Waals surface area contributed by atoms with Gasteiger partial charge in [-0.2, -0.15) is 11.8 Å². The minimum atomic E-state index is -0.784. The van der Waals surface area contributed by atoms with Gasteiger partial charge in [-0.05, 0) is 12.8 Å². The summed E-state index contributed by atoms with van der Waals surface area (Å²) in [5.74, 6) is 0.0736. The van der Waals surface area contributed by atoms with Gasteiger partial charge in [-0.25, -0.2) is 0 Å². The van der Waals surface area contributed by atoms with Crippen molar-refractivity contribution in [1.82, 2.24) is 0 Å². The van der Waals surface area contributed by atoms with Crippen molar-refractivity contribution < 1.29 is 14.7 Å². The fourth-order valence-electron chi connectivity index (χ4n) is 1.25. The lowest BCUT2D eigenvalue weighted by Crippen LogP contribution is -2.10. The van der Waals surface area contributed by atoms with Crippen molar-refractivity contribution in [3.8, 4) is 0 Å². The van der Waals surface area contributed by atoms with Gasteiger partial charge in [0.1, 0.15) is 5.78 Å². The van der Waals surface area contributed by atoms with E-state index in [4.69, 9.17) is 5.11 Å². The molecule has 1 saturated carbocycles. The number of hydrogen-bond donors (Lipinski definition) is 1. The maximum Gasteiger partial charge on any atom is 0.304 e. The number of aliphatic carboxylic acids is 1. The van der Waals surface area contributed by atoms with Crippen LogP contribution in [0.25, 0.3) is 0 Å². The van der Waals surface area contributed by atoms with E-state index in [-0.39, 0.29) is 11.7 Å². The highest BCUT2D eigenvalue weighted by Crippen LogP contribution is 2.26. The molecule has 0 saturated heterocycles. The highest BCUT2D eigenvalue weighted by atomic mass is 32.2. The van der Waals surface area contributed by atoms with E-state index >= 15 is 0 Å². The largest absolute Gasteiger partial charge is 0.481 e. The molecule has 1 aliphatic rings. The lowest BCUT2D eigenvalue weighted by atomic mass is 10.3. The van der Waals surface area contributed by atoms with E-state index in [0.29, 0.717) is 18.0 Å². The third kappa shape index (κ3) is 2.85. The summed E-state index contributed by atoms with van der Waals surface area (Å²) in [6.07, 6.45) is 2.76. The van der Waals surface area contributed by atoms with E-state index in [9.17, 15) is 9.59 Å². The molecule has 12 heavy (non-hydrogen) atoms. The summed E-state index contributed by atoms with van der Waals surface area (Å²) in [4.78, 5) is 21.2. The molecule has 0 bridgehead atoms. The summed E-state index contributed by atoms with van der Waals surface area (Å²) < 4.78 is 0. The Morgan fingerprint density at radius 1 is 1.67 bits per heavy atom. The van der Waals surface area contributed by atoms with Crippen molar-refractivity contribution in [3.63, 3.8) is 0 Å². The smallest absolute Gasteiger partial charge is 0.304 e. The zero-order chi connectivity index (χ0) is 8.97. The first-order valence-corrected chi connectivity index (χ1v) is 5.11. The molecule has 0 heterocycles. The molecule has 3 nitrogen and oxygen atoms in total. The minimum absolute atomic E-state index is 0.0874. The summed E-state index contributed by atoms with van der Waals surface area (Å²) in [5, 5.41) is 8.44. The molecule has 1 unspecified atom stereocenters. The van der Waals surface area contributed by atoms with Crippen molar-refractivity contribution in [2.75, 3.05) is 5.75 Å². The Morgan fingerprint density at radius 3 is 2.92 bits per heavy atom. The standard InChI is InChI=1S/C8H12O3S/c9-6-2-1-3-7(6)12-5-4-8(10)11/h7H,1-5H2,(H,10,11). The van der Waals surface area contributed by atoms with Gasteiger partial charge in [-0.1, -0.05) is 0 Å². The first-order chi connectivity index (χ1) is 5.70. The van der Waals surface area contributed by atoms with Gasteiger partial charge in [0.05, 0.1) is 11.7 Å². The molecule has 0 aromatic carbocycles. The van der Waals surface area contributed by atoms with Crippen LogP contribution >= 0.6 is 11.8 Å². The SMILES string of the molecule is O=C(O)CCSC1CCCC1=O. The van der Waals surface area contributed by atoms with Crippen LogP contribution < -0.4 is 0 Å². The van der Waals surface area contributed by atoms with Crippen LogP contribution in [0.3, 0.4) is 0 Å². The van der Waals surface area contributed by atoms with Crippen LogP contribution in [0.5, 0.6) is 0 Å². The minimum Gasteiger partial charge on any atom is -0.481 e. The number of rotatable bonds is 4. The summed E-state index contributed by atoms with van der Waals surface area (Å²) >= 11 is 1.49. The summed E-state index contributed by atoms with van der Waals surface area (Å²) in [5.41, 5.74) is 0. The number of ketones is 1. The molecule has 1 aliphatic carbocycles. The second-order valence-electron chi connectivity index (χ2n) is 2.86. The first kappa shape index (κ1) is 9.58. The molecule has 68 valence electrons. The van der Waals surface area contributed by atoms with Crippen LogP contribution in [-0.4, -0.2) is 27.9 Å². The molecule has 0 amide bonds. The molecule has 1 atom stereocenters. The Bertz CT molecular complexity index is 191. The van der Waals surface area contributed by atoms with Gasteiger partial charge in [-0.3, -0.25) is 9.59 Å². The Labute approximate surface area is 75.5 Å². The van der Waals surface area contributed by atoms with Gasteiger partial charge in [0.25, 0.3) is 0 Å². The zero-order valence-corrected chi connectivity index (χ0v) is 7.60. The number of thioether (sulfide) groups is 1. The molecule has 0 aromatic rings. The van der Waals surface area contributed by atoms with Crippen molar-refractivity contribution >= 4 is 23.5 Å². The number of carbonyl (C=O) groups excluding carboxylic acids is 1. The van der Waals surface area contributed by atoms with E-state index in [1.54, 1.807) is 0 Å². The van der Waals surface area contributed by atoms with Crippen LogP contribution in [0.4, 0.5) is 0 Å². The van der Waals surface area contributed by atoms with Gasteiger partial charge in [0.2, 0.25) is 0 Å². The lowest BCUT2D eigenvalue weighted by Gasteiger charge is -2.04. The van der Waals surface area contributed by atoms with Gasteiger partial charge in [0.15, 0.2) is 0 Å². The molecule has 0 aromatic heterocycles. The van der Waals surface area contributed by atoms with E-state index in [0.717, 1.165) is 12.8 Å². The first-order valence-electron chi connectivity index (χ1n) is 4.06. The topological polar surface area (TPSA) is 54.4 Å².